The van der Waals surface area contributed by atoms with Crippen molar-refractivity contribution < 1.29 is 25.6 Å². The molecule has 0 unspecified atom stereocenters. The molecular formula is C15H15NO6S2. The van der Waals surface area contributed by atoms with E-state index in [9.17, 15) is 13.0 Å². The average molecular weight is 369 g/mol. The van der Waals surface area contributed by atoms with Gasteiger partial charge in [-0.2, -0.15) is 8.42 Å². The molecule has 0 fully saturated rings. The third-order valence-electron chi connectivity index (χ3n) is 4.09. The molecule has 1 heterocycles. The zero-order chi connectivity index (χ0) is 18.3. The fourth-order valence-electron chi connectivity index (χ4n) is 2.70. The van der Waals surface area contributed by atoms with Crippen LogP contribution >= 0.6 is 0 Å². The minimum absolute atomic E-state index is 0.0845. The molecule has 0 bridgehead atoms. The Bertz CT molecular complexity index is 1060. The number of fused-ring (bicyclic) bond motifs is 3. The van der Waals surface area contributed by atoms with Gasteiger partial charge in [-0.15, -0.1) is 12.6 Å². The Morgan fingerprint density at radius 3 is 2.17 bits per heavy atom. The van der Waals surface area contributed by atoms with E-state index in [1.54, 1.807) is 6.07 Å². The summed E-state index contributed by atoms with van der Waals surface area (Å²) < 4.78 is 57.2. The zero-order valence-corrected chi connectivity index (χ0v) is 14.8. The highest BCUT2D eigenvalue weighted by atomic mass is 32.2. The van der Waals surface area contributed by atoms with Crippen LogP contribution in [-0.2, 0) is 26.1 Å². The third-order valence-corrected chi connectivity index (χ3v) is 4.94. The standard InChI is InChI=1S/C15H15NO3S.O3S/c1-9-15(2,3)14-12-8-11(20(17,18)19)6-4-10(12)5-7-13(14)16-9;1-4(2)3/h4-8H,1-3H3,(H,17,18,19);. The van der Waals surface area contributed by atoms with Crippen molar-refractivity contribution in [1.29, 1.82) is 0 Å². The van der Waals surface area contributed by atoms with Crippen LogP contribution in [0, 0.1) is 0 Å². The molecule has 1 N–H and O–H groups in total. The van der Waals surface area contributed by atoms with Crippen LogP contribution in [0.3, 0.4) is 0 Å². The maximum absolute atomic E-state index is 11.3. The summed E-state index contributed by atoms with van der Waals surface area (Å²) in [5, 5.41) is 1.76. The highest BCUT2D eigenvalue weighted by Gasteiger charge is 2.34. The monoisotopic (exact) mass is 369 g/mol. The summed E-state index contributed by atoms with van der Waals surface area (Å²) >= 11 is 0. The summed E-state index contributed by atoms with van der Waals surface area (Å²) in [6, 6.07) is 8.52. The molecule has 128 valence electrons. The van der Waals surface area contributed by atoms with E-state index in [1.807, 2.05) is 19.1 Å². The van der Waals surface area contributed by atoms with Crippen molar-refractivity contribution in [3.63, 3.8) is 0 Å². The first-order valence-corrected chi connectivity index (χ1v) is 9.26. The van der Waals surface area contributed by atoms with Gasteiger partial charge >= 0.3 is 10.6 Å². The summed E-state index contributed by atoms with van der Waals surface area (Å²) in [5.74, 6) is 0. The summed E-state index contributed by atoms with van der Waals surface area (Å²) in [6.45, 7) is 6.10. The largest absolute Gasteiger partial charge is 0.425 e. The Morgan fingerprint density at radius 1 is 1.08 bits per heavy atom. The van der Waals surface area contributed by atoms with E-state index in [0.29, 0.717) is 0 Å². The highest BCUT2D eigenvalue weighted by molar-refractivity contribution is 7.85. The van der Waals surface area contributed by atoms with Gasteiger partial charge in [0.25, 0.3) is 10.1 Å². The van der Waals surface area contributed by atoms with Gasteiger partial charge in [0.05, 0.1) is 10.6 Å². The average Bonchev–Trinajstić information content (AvgIpc) is 2.67. The first-order valence-electron chi connectivity index (χ1n) is 6.82. The molecule has 0 aliphatic carbocycles. The van der Waals surface area contributed by atoms with Crippen LogP contribution in [0.25, 0.3) is 10.8 Å². The highest BCUT2D eigenvalue weighted by Crippen LogP contribution is 2.44. The second-order valence-electron chi connectivity index (χ2n) is 5.84. The molecule has 0 radical (unpaired) electrons. The van der Waals surface area contributed by atoms with E-state index in [1.165, 1.54) is 12.1 Å². The van der Waals surface area contributed by atoms with E-state index < -0.39 is 20.7 Å². The molecule has 1 aliphatic rings. The van der Waals surface area contributed by atoms with Crippen LogP contribution in [0.4, 0.5) is 5.69 Å². The molecule has 2 aromatic rings. The number of aliphatic imine (C=N–C) groups is 1. The molecule has 0 amide bonds. The van der Waals surface area contributed by atoms with Gasteiger partial charge in [-0.1, -0.05) is 26.0 Å². The van der Waals surface area contributed by atoms with Crippen molar-refractivity contribution in [2.45, 2.75) is 31.1 Å². The summed E-state index contributed by atoms with van der Waals surface area (Å²) in [6.07, 6.45) is 0. The SMILES string of the molecule is CC1=Nc2ccc3ccc(S(=O)(=O)O)cc3c2C1(C)C.O=S(=O)=O. The smallest absolute Gasteiger partial charge is 0.282 e. The molecule has 0 aromatic heterocycles. The molecule has 2 aromatic carbocycles. The lowest BCUT2D eigenvalue weighted by molar-refractivity contribution is 0.483. The van der Waals surface area contributed by atoms with Crippen LogP contribution in [0.1, 0.15) is 26.3 Å². The van der Waals surface area contributed by atoms with E-state index in [2.05, 4.69) is 18.8 Å². The summed E-state index contributed by atoms with van der Waals surface area (Å²) in [5.41, 5.74) is 2.63. The Balaban J connectivity index is 0.000000471. The Labute approximate surface area is 140 Å². The third kappa shape index (κ3) is 3.37. The molecule has 3 rings (SSSR count). The van der Waals surface area contributed by atoms with Crippen LogP contribution < -0.4 is 0 Å². The van der Waals surface area contributed by atoms with Crippen LogP contribution in [-0.4, -0.2) is 31.3 Å². The fourth-order valence-corrected chi connectivity index (χ4v) is 3.21. The van der Waals surface area contributed by atoms with Crippen molar-refractivity contribution in [2.75, 3.05) is 0 Å². The Hall–Kier alpha value is -2.10. The van der Waals surface area contributed by atoms with Gasteiger partial charge < -0.3 is 0 Å². The Kier molecular flexibility index (Phi) is 4.62. The van der Waals surface area contributed by atoms with Gasteiger partial charge in [0.1, 0.15) is 0 Å². The first-order chi connectivity index (χ1) is 10.9. The van der Waals surface area contributed by atoms with Gasteiger partial charge in [-0.05, 0) is 41.5 Å². The fraction of sp³-hybridized carbons (Fsp3) is 0.267. The van der Waals surface area contributed by atoms with Gasteiger partial charge in [-0.25, -0.2) is 0 Å². The molecule has 9 heteroatoms. The number of hydrogen-bond donors (Lipinski definition) is 1. The van der Waals surface area contributed by atoms with Gasteiger partial charge in [0.2, 0.25) is 0 Å². The van der Waals surface area contributed by atoms with Crippen molar-refractivity contribution in [1.82, 2.24) is 0 Å². The number of benzene rings is 2. The quantitative estimate of drug-likeness (QED) is 0.772. The second-order valence-corrected chi connectivity index (χ2v) is 7.67. The summed E-state index contributed by atoms with van der Waals surface area (Å²) in [7, 11) is -7.31. The zero-order valence-electron chi connectivity index (χ0n) is 13.1. The van der Waals surface area contributed by atoms with Crippen molar-refractivity contribution >= 4 is 42.9 Å². The van der Waals surface area contributed by atoms with Gasteiger partial charge in [0.15, 0.2) is 0 Å². The normalized spacial score (nSPS) is 15.2. The first kappa shape index (κ1) is 18.2. The molecule has 1 aliphatic heterocycles. The number of nitrogens with zero attached hydrogens (tertiary/aromatic N) is 1. The van der Waals surface area contributed by atoms with Crippen LogP contribution in [0.2, 0.25) is 0 Å². The molecule has 0 saturated carbocycles. The molecule has 0 atom stereocenters. The van der Waals surface area contributed by atoms with Crippen molar-refractivity contribution in [2.24, 2.45) is 4.99 Å². The maximum atomic E-state index is 11.3. The van der Waals surface area contributed by atoms with Crippen LogP contribution in [0.5, 0.6) is 0 Å². The van der Waals surface area contributed by atoms with Gasteiger partial charge in [-0.3, -0.25) is 9.55 Å². The maximum Gasteiger partial charge on any atom is 0.425 e. The second kappa shape index (κ2) is 6.08. The predicted molar refractivity (Wildman–Crippen MR) is 89.3 cm³/mol. The van der Waals surface area contributed by atoms with Crippen molar-refractivity contribution in [3.05, 3.63) is 35.9 Å². The lowest BCUT2D eigenvalue weighted by Gasteiger charge is -2.22. The lowest BCUT2D eigenvalue weighted by Crippen LogP contribution is -2.23. The van der Waals surface area contributed by atoms with E-state index in [4.69, 9.17) is 12.6 Å². The van der Waals surface area contributed by atoms with Crippen molar-refractivity contribution in [3.8, 4) is 0 Å². The molecule has 0 saturated heterocycles. The molecule has 24 heavy (non-hydrogen) atoms. The van der Waals surface area contributed by atoms with E-state index in [-0.39, 0.29) is 10.3 Å². The summed E-state index contributed by atoms with van der Waals surface area (Å²) in [4.78, 5) is 4.47. The lowest BCUT2D eigenvalue weighted by atomic mass is 9.80. The predicted octanol–water partition coefficient (Wildman–Crippen LogP) is 2.47. The minimum Gasteiger partial charge on any atom is -0.282 e. The number of hydrogen-bond acceptors (Lipinski definition) is 6. The van der Waals surface area contributed by atoms with E-state index in [0.717, 1.165) is 27.7 Å². The molecule has 0 spiro atoms. The van der Waals surface area contributed by atoms with E-state index >= 15 is 0 Å². The number of rotatable bonds is 1. The van der Waals surface area contributed by atoms with Gasteiger partial charge in [0, 0.05) is 11.1 Å². The minimum atomic E-state index is -4.20. The van der Waals surface area contributed by atoms with Crippen LogP contribution in [0.15, 0.2) is 40.2 Å². The topological polar surface area (TPSA) is 118 Å². The molecule has 7 nitrogen and oxygen atoms in total. The molecular weight excluding hydrogens is 354 g/mol. The Morgan fingerprint density at radius 2 is 1.62 bits per heavy atom.